The van der Waals surface area contributed by atoms with Crippen LogP contribution in [-0.2, 0) is 13.1 Å². The number of fused-ring (bicyclic) bond motifs is 1. The lowest BCUT2D eigenvalue weighted by atomic mass is 9.91. The zero-order valence-electron chi connectivity index (χ0n) is 16.0. The molecule has 2 heterocycles. The Bertz CT molecular complexity index is 1020. The molecule has 0 amide bonds. The molecule has 1 aliphatic heterocycles. The molecular formula is C22H25N3O3. The predicted molar refractivity (Wildman–Crippen MR) is 108 cm³/mol. The van der Waals surface area contributed by atoms with Gasteiger partial charge in [-0.05, 0) is 31.0 Å². The lowest BCUT2D eigenvalue weighted by molar-refractivity contribution is -0.0365. The molecule has 0 bridgehead atoms. The van der Waals surface area contributed by atoms with Gasteiger partial charge in [-0.25, -0.2) is 4.98 Å². The van der Waals surface area contributed by atoms with Gasteiger partial charge in [-0.1, -0.05) is 30.3 Å². The van der Waals surface area contributed by atoms with E-state index in [0.717, 1.165) is 30.9 Å². The number of piperidine rings is 1. The summed E-state index contributed by atoms with van der Waals surface area (Å²) in [4.78, 5) is 19.4. The Morgan fingerprint density at radius 3 is 2.61 bits per heavy atom. The number of ether oxygens (including phenoxy) is 1. The molecule has 1 aliphatic rings. The van der Waals surface area contributed by atoms with Crippen molar-refractivity contribution < 1.29 is 9.84 Å². The fourth-order valence-corrected chi connectivity index (χ4v) is 3.90. The highest BCUT2D eigenvalue weighted by Crippen LogP contribution is 2.27. The van der Waals surface area contributed by atoms with E-state index in [1.165, 1.54) is 4.57 Å². The van der Waals surface area contributed by atoms with Crippen LogP contribution in [0.3, 0.4) is 0 Å². The van der Waals surface area contributed by atoms with Crippen LogP contribution in [0.1, 0.15) is 18.4 Å². The maximum Gasteiger partial charge on any atom is 0.261 e. The summed E-state index contributed by atoms with van der Waals surface area (Å²) in [5, 5.41) is 11.7. The van der Waals surface area contributed by atoms with E-state index in [1.807, 2.05) is 36.4 Å². The Balaban J connectivity index is 1.44. The zero-order chi connectivity index (χ0) is 19.6. The second-order valence-corrected chi connectivity index (χ2v) is 7.51. The maximum atomic E-state index is 12.7. The van der Waals surface area contributed by atoms with Crippen LogP contribution in [0.4, 0.5) is 0 Å². The Morgan fingerprint density at radius 1 is 1.11 bits per heavy atom. The van der Waals surface area contributed by atoms with Crippen LogP contribution in [0.15, 0.2) is 59.7 Å². The fourth-order valence-electron chi connectivity index (χ4n) is 3.90. The average molecular weight is 379 g/mol. The second kappa shape index (κ2) is 7.73. The van der Waals surface area contributed by atoms with Crippen molar-refractivity contribution in [3.05, 3.63) is 70.8 Å². The SMILES string of the molecule is COc1ccccc1CN1CCC(O)(Cn2cnc3ccccc3c2=O)CC1. The molecule has 0 unspecified atom stereocenters. The van der Waals surface area contributed by atoms with E-state index < -0.39 is 5.60 Å². The van der Waals surface area contributed by atoms with Gasteiger partial charge in [0, 0.05) is 25.2 Å². The molecule has 4 rings (SSSR count). The number of nitrogens with zero attached hydrogens (tertiary/aromatic N) is 3. The Hall–Kier alpha value is -2.70. The number of aliphatic hydroxyl groups is 1. The van der Waals surface area contributed by atoms with Gasteiger partial charge < -0.3 is 9.84 Å². The van der Waals surface area contributed by atoms with Crippen LogP contribution < -0.4 is 10.3 Å². The number of likely N-dealkylation sites (tertiary alicyclic amines) is 1. The van der Waals surface area contributed by atoms with Crippen molar-refractivity contribution in [3.63, 3.8) is 0 Å². The molecule has 0 radical (unpaired) electrons. The summed E-state index contributed by atoms with van der Waals surface area (Å²) in [7, 11) is 1.68. The first-order chi connectivity index (χ1) is 13.6. The van der Waals surface area contributed by atoms with Gasteiger partial charge in [0.1, 0.15) is 5.75 Å². The monoisotopic (exact) mass is 379 g/mol. The van der Waals surface area contributed by atoms with Gasteiger partial charge in [-0.15, -0.1) is 0 Å². The van der Waals surface area contributed by atoms with Crippen molar-refractivity contribution in [1.82, 2.24) is 14.5 Å². The maximum absolute atomic E-state index is 12.7. The van der Waals surface area contributed by atoms with E-state index in [2.05, 4.69) is 16.0 Å². The Labute approximate surface area is 164 Å². The zero-order valence-corrected chi connectivity index (χ0v) is 16.0. The van der Waals surface area contributed by atoms with Gasteiger partial charge in [0.2, 0.25) is 0 Å². The molecule has 146 valence electrons. The third-order valence-electron chi connectivity index (χ3n) is 5.57. The van der Waals surface area contributed by atoms with Gasteiger partial charge in [0.05, 0.1) is 36.5 Å². The van der Waals surface area contributed by atoms with E-state index in [4.69, 9.17) is 4.74 Å². The summed E-state index contributed by atoms with van der Waals surface area (Å²) in [5.41, 5.74) is 0.828. The molecule has 6 heteroatoms. The van der Waals surface area contributed by atoms with Gasteiger partial charge in [-0.3, -0.25) is 14.3 Å². The topological polar surface area (TPSA) is 67.6 Å². The smallest absolute Gasteiger partial charge is 0.261 e. The molecule has 0 spiro atoms. The van der Waals surface area contributed by atoms with Gasteiger partial charge in [0.15, 0.2) is 0 Å². The highest BCUT2D eigenvalue weighted by Gasteiger charge is 2.33. The Morgan fingerprint density at radius 2 is 1.82 bits per heavy atom. The molecule has 3 aromatic rings. The lowest BCUT2D eigenvalue weighted by Gasteiger charge is -2.38. The number of hydrogen-bond acceptors (Lipinski definition) is 5. The first-order valence-electron chi connectivity index (χ1n) is 9.59. The molecule has 6 nitrogen and oxygen atoms in total. The van der Waals surface area contributed by atoms with Crippen LogP contribution in [0.5, 0.6) is 5.75 Å². The summed E-state index contributed by atoms with van der Waals surface area (Å²) in [6.07, 6.45) is 2.77. The molecule has 0 atom stereocenters. The second-order valence-electron chi connectivity index (χ2n) is 7.51. The third kappa shape index (κ3) is 3.79. The van der Waals surface area contributed by atoms with Gasteiger partial charge in [-0.2, -0.15) is 0 Å². The van der Waals surface area contributed by atoms with Crippen molar-refractivity contribution in [3.8, 4) is 5.75 Å². The quantitative estimate of drug-likeness (QED) is 0.738. The normalized spacial score (nSPS) is 16.9. The lowest BCUT2D eigenvalue weighted by Crippen LogP contribution is -2.47. The van der Waals surface area contributed by atoms with Crippen LogP contribution in [0.2, 0.25) is 0 Å². The van der Waals surface area contributed by atoms with Crippen molar-refractivity contribution in [2.24, 2.45) is 0 Å². The molecule has 1 fully saturated rings. The molecule has 1 saturated heterocycles. The van der Waals surface area contributed by atoms with Crippen molar-refractivity contribution >= 4 is 10.9 Å². The minimum Gasteiger partial charge on any atom is -0.496 e. The summed E-state index contributed by atoms with van der Waals surface area (Å²) in [5.74, 6) is 0.886. The van der Waals surface area contributed by atoms with E-state index in [-0.39, 0.29) is 12.1 Å². The highest BCUT2D eigenvalue weighted by atomic mass is 16.5. The van der Waals surface area contributed by atoms with Crippen molar-refractivity contribution in [1.29, 1.82) is 0 Å². The molecule has 1 N–H and O–H groups in total. The number of hydrogen-bond donors (Lipinski definition) is 1. The van der Waals surface area contributed by atoms with Crippen LogP contribution >= 0.6 is 0 Å². The summed E-state index contributed by atoms with van der Waals surface area (Å²) >= 11 is 0. The van der Waals surface area contributed by atoms with Crippen molar-refractivity contribution in [2.45, 2.75) is 31.5 Å². The molecule has 2 aromatic carbocycles. The van der Waals surface area contributed by atoms with E-state index >= 15 is 0 Å². The summed E-state index contributed by atoms with van der Waals surface area (Å²) < 4.78 is 6.97. The standard InChI is InChI=1S/C22H25N3O3/c1-28-20-9-5-2-6-17(20)14-24-12-10-22(27,11-13-24)15-25-16-23-19-8-4-3-7-18(19)21(25)26/h2-9,16,27H,10-15H2,1H3. The minimum atomic E-state index is -0.898. The number of benzene rings is 2. The number of para-hydroxylation sites is 2. The number of methoxy groups -OCH3 is 1. The molecule has 0 aliphatic carbocycles. The van der Waals surface area contributed by atoms with Gasteiger partial charge in [0.25, 0.3) is 5.56 Å². The van der Waals surface area contributed by atoms with E-state index in [9.17, 15) is 9.90 Å². The highest BCUT2D eigenvalue weighted by molar-refractivity contribution is 5.76. The largest absolute Gasteiger partial charge is 0.496 e. The van der Waals surface area contributed by atoms with Crippen LogP contribution in [0.25, 0.3) is 10.9 Å². The predicted octanol–water partition coefficient (Wildman–Crippen LogP) is 2.43. The minimum absolute atomic E-state index is 0.101. The average Bonchev–Trinajstić information content (AvgIpc) is 2.73. The van der Waals surface area contributed by atoms with Crippen LogP contribution in [0, 0.1) is 0 Å². The molecule has 1 aromatic heterocycles. The van der Waals surface area contributed by atoms with Crippen molar-refractivity contribution in [2.75, 3.05) is 20.2 Å². The van der Waals surface area contributed by atoms with E-state index in [0.29, 0.717) is 23.7 Å². The molecule has 0 saturated carbocycles. The molecular weight excluding hydrogens is 354 g/mol. The van der Waals surface area contributed by atoms with E-state index in [1.54, 1.807) is 19.5 Å². The summed E-state index contributed by atoms with van der Waals surface area (Å²) in [6, 6.07) is 15.3. The molecule has 28 heavy (non-hydrogen) atoms. The van der Waals surface area contributed by atoms with Crippen LogP contribution in [-0.4, -0.2) is 45.4 Å². The third-order valence-corrected chi connectivity index (χ3v) is 5.57. The first kappa shape index (κ1) is 18.7. The van der Waals surface area contributed by atoms with Gasteiger partial charge >= 0.3 is 0 Å². The fraction of sp³-hybridized carbons (Fsp3) is 0.364. The number of rotatable bonds is 5. The summed E-state index contributed by atoms with van der Waals surface area (Å²) in [6.45, 7) is 2.60. The Kier molecular flexibility index (Phi) is 5.15. The first-order valence-corrected chi connectivity index (χ1v) is 9.59. The number of aromatic nitrogens is 2.